The van der Waals surface area contributed by atoms with Crippen LogP contribution in [0.1, 0.15) is 43.8 Å². The molecule has 1 aliphatic carbocycles. The van der Waals surface area contributed by atoms with Gasteiger partial charge in [0.2, 0.25) is 0 Å². The van der Waals surface area contributed by atoms with Crippen LogP contribution in [0.3, 0.4) is 0 Å². The topological polar surface area (TPSA) is 18.5 Å². The summed E-state index contributed by atoms with van der Waals surface area (Å²) in [5.74, 6) is 0.915. The number of benzene rings is 1. The van der Waals surface area contributed by atoms with Gasteiger partial charge in [-0.05, 0) is 18.9 Å². The zero-order chi connectivity index (χ0) is 12.8. The smallest absolute Gasteiger partial charge is 0.124 e. The molecule has 2 rings (SSSR count). The zero-order valence-electron chi connectivity index (χ0n) is 10.9. The van der Waals surface area contributed by atoms with Crippen molar-refractivity contribution in [3.8, 4) is 5.75 Å². The molecule has 100 valence electrons. The second-order valence-corrected chi connectivity index (χ2v) is 5.43. The zero-order valence-corrected chi connectivity index (χ0v) is 12.5. The summed E-state index contributed by atoms with van der Waals surface area (Å²) in [4.78, 5) is 0. The normalized spacial score (nSPS) is 18.6. The van der Waals surface area contributed by atoms with Crippen molar-refractivity contribution in [3.05, 3.63) is 29.8 Å². The number of hydrogen-bond donors (Lipinski definition) is 0. The van der Waals surface area contributed by atoms with Gasteiger partial charge in [-0.1, -0.05) is 53.4 Å². The Labute approximate surface area is 118 Å². The maximum Gasteiger partial charge on any atom is 0.124 e. The van der Waals surface area contributed by atoms with E-state index in [2.05, 4.69) is 22.0 Å². The van der Waals surface area contributed by atoms with Gasteiger partial charge in [0.15, 0.2) is 0 Å². The summed E-state index contributed by atoms with van der Waals surface area (Å²) in [6.45, 7) is 0. The highest BCUT2D eigenvalue weighted by atomic mass is 79.9. The molecular formula is C15H21BrO2. The van der Waals surface area contributed by atoms with Crippen LogP contribution < -0.4 is 4.74 Å². The first-order chi connectivity index (χ1) is 8.85. The lowest BCUT2D eigenvalue weighted by Crippen LogP contribution is -2.21. The molecule has 1 saturated carbocycles. The van der Waals surface area contributed by atoms with E-state index >= 15 is 0 Å². The summed E-state index contributed by atoms with van der Waals surface area (Å²) in [5, 5.41) is 0.809. The highest BCUT2D eigenvalue weighted by Crippen LogP contribution is 2.32. The molecule has 0 aliphatic heterocycles. The lowest BCUT2D eigenvalue weighted by Gasteiger charge is -2.27. The minimum absolute atomic E-state index is 0.0873. The van der Waals surface area contributed by atoms with Crippen molar-refractivity contribution < 1.29 is 9.47 Å². The Balaban J connectivity index is 2.07. The molecule has 0 heterocycles. The fourth-order valence-corrected chi connectivity index (χ4v) is 3.06. The Morgan fingerprint density at radius 2 is 1.94 bits per heavy atom. The summed E-state index contributed by atoms with van der Waals surface area (Å²) in [6, 6.07) is 8.12. The van der Waals surface area contributed by atoms with E-state index in [1.165, 1.54) is 32.1 Å². The summed E-state index contributed by atoms with van der Waals surface area (Å²) < 4.78 is 11.7. The van der Waals surface area contributed by atoms with E-state index in [-0.39, 0.29) is 6.10 Å². The van der Waals surface area contributed by atoms with E-state index in [0.29, 0.717) is 6.10 Å². The van der Waals surface area contributed by atoms with Crippen molar-refractivity contribution in [2.75, 3.05) is 12.4 Å². The van der Waals surface area contributed by atoms with Crippen LogP contribution in [-0.2, 0) is 4.74 Å². The molecule has 0 radical (unpaired) electrons. The van der Waals surface area contributed by atoms with Gasteiger partial charge in [0.25, 0.3) is 0 Å². The van der Waals surface area contributed by atoms with Gasteiger partial charge in [-0.3, -0.25) is 0 Å². The maximum absolute atomic E-state index is 6.24. The number of alkyl halides is 1. The molecule has 0 N–H and O–H groups in total. The number of rotatable bonds is 5. The van der Waals surface area contributed by atoms with Gasteiger partial charge in [0.1, 0.15) is 5.75 Å². The molecule has 1 aromatic carbocycles. The van der Waals surface area contributed by atoms with Crippen LogP contribution in [0.15, 0.2) is 24.3 Å². The van der Waals surface area contributed by atoms with Crippen LogP contribution in [0, 0.1) is 0 Å². The fraction of sp³-hybridized carbons (Fsp3) is 0.600. The number of methoxy groups -OCH3 is 1. The highest BCUT2D eigenvalue weighted by Gasteiger charge is 2.21. The first-order valence-corrected chi connectivity index (χ1v) is 7.81. The van der Waals surface area contributed by atoms with E-state index in [9.17, 15) is 0 Å². The monoisotopic (exact) mass is 312 g/mol. The standard InChI is InChI=1S/C15H21BrO2/c1-17-14-10-6-5-9-13(14)15(11-16)18-12-7-3-2-4-8-12/h5-6,9-10,12,15H,2-4,7-8,11H2,1H3/t15-/m0/s1. The fourth-order valence-electron chi connectivity index (χ4n) is 2.56. The first-order valence-electron chi connectivity index (χ1n) is 6.69. The van der Waals surface area contributed by atoms with Crippen molar-refractivity contribution in [3.63, 3.8) is 0 Å². The second kappa shape index (κ2) is 7.15. The molecule has 1 aliphatic rings. The molecule has 1 fully saturated rings. The maximum atomic E-state index is 6.24. The lowest BCUT2D eigenvalue weighted by atomic mass is 9.97. The summed E-state index contributed by atoms with van der Waals surface area (Å²) in [5.41, 5.74) is 1.14. The van der Waals surface area contributed by atoms with Crippen LogP contribution in [-0.4, -0.2) is 18.5 Å². The average molecular weight is 313 g/mol. The van der Waals surface area contributed by atoms with Gasteiger partial charge in [-0.2, -0.15) is 0 Å². The quantitative estimate of drug-likeness (QED) is 0.746. The SMILES string of the molecule is COc1ccccc1[C@H](CBr)OC1CCCCC1. The minimum atomic E-state index is 0.0873. The molecule has 0 unspecified atom stereocenters. The third-order valence-electron chi connectivity index (χ3n) is 3.53. The Morgan fingerprint density at radius 3 is 2.61 bits per heavy atom. The van der Waals surface area contributed by atoms with Gasteiger partial charge >= 0.3 is 0 Å². The number of para-hydroxylation sites is 1. The van der Waals surface area contributed by atoms with Crippen molar-refractivity contribution in [2.45, 2.75) is 44.3 Å². The van der Waals surface area contributed by atoms with Crippen molar-refractivity contribution in [2.24, 2.45) is 0 Å². The predicted molar refractivity (Wildman–Crippen MR) is 77.5 cm³/mol. The van der Waals surface area contributed by atoms with Gasteiger partial charge in [0, 0.05) is 10.9 Å². The van der Waals surface area contributed by atoms with Crippen LogP contribution in [0.4, 0.5) is 0 Å². The van der Waals surface area contributed by atoms with Gasteiger partial charge in [-0.25, -0.2) is 0 Å². The molecular weight excluding hydrogens is 292 g/mol. The van der Waals surface area contributed by atoms with Crippen LogP contribution in [0.5, 0.6) is 5.75 Å². The Morgan fingerprint density at radius 1 is 1.22 bits per heavy atom. The van der Waals surface area contributed by atoms with E-state index in [1.54, 1.807) is 7.11 Å². The Kier molecular flexibility index (Phi) is 5.51. The largest absolute Gasteiger partial charge is 0.496 e. The van der Waals surface area contributed by atoms with Crippen molar-refractivity contribution in [1.29, 1.82) is 0 Å². The average Bonchev–Trinajstić information content (AvgIpc) is 2.46. The van der Waals surface area contributed by atoms with E-state index in [1.807, 2.05) is 18.2 Å². The van der Waals surface area contributed by atoms with Crippen molar-refractivity contribution in [1.82, 2.24) is 0 Å². The minimum Gasteiger partial charge on any atom is -0.496 e. The van der Waals surface area contributed by atoms with Crippen molar-refractivity contribution >= 4 is 15.9 Å². The van der Waals surface area contributed by atoms with Gasteiger partial charge in [-0.15, -0.1) is 0 Å². The number of ether oxygens (including phenoxy) is 2. The third-order valence-corrected chi connectivity index (χ3v) is 4.12. The second-order valence-electron chi connectivity index (χ2n) is 4.78. The van der Waals surface area contributed by atoms with Gasteiger partial charge in [0.05, 0.1) is 19.3 Å². The highest BCUT2D eigenvalue weighted by molar-refractivity contribution is 9.09. The molecule has 18 heavy (non-hydrogen) atoms. The van der Waals surface area contributed by atoms with Crippen LogP contribution in [0.2, 0.25) is 0 Å². The molecule has 0 spiro atoms. The predicted octanol–water partition coefficient (Wildman–Crippen LogP) is 4.48. The number of halogens is 1. The van der Waals surface area contributed by atoms with E-state index in [4.69, 9.17) is 9.47 Å². The molecule has 0 aromatic heterocycles. The molecule has 1 aromatic rings. The summed E-state index contributed by atoms with van der Waals surface area (Å²) >= 11 is 3.56. The summed E-state index contributed by atoms with van der Waals surface area (Å²) in [6.07, 6.45) is 6.83. The van der Waals surface area contributed by atoms with E-state index in [0.717, 1.165) is 16.6 Å². The summed E-state index contributed by atoms with van der Waals surface area (Å²) in [7, 11) is 1.71. The molecule has 1 atom stereocenters. The molecule has 0 amide bonds. The van der Waals surface area contributed by atoms with Gasteiger partial charge < -0.3 is 9.47 Å². The molecule has 0 bridgehead atoms. The molecule has 2 nitrogen and oxygen atoms in total. The lowest BCUT2D eigenvalue weighted by molar-refractivity contribution is -0.0202. The van der Waals surface area contributed by atoms with E-state index < -0.39 is 0 Å². The van der Waals surface area contributed by atoms with Crippen LogP contribution >= 0.6 is 15.9 Å². The molecule has 3 heteroatoms. The number of hydrogen-bond acceptors (Lipinski definition) is 2. The molecule has 0 saturated heterocycles. The third kappa shape index (κ3) is 3.48. The Bertz CT molecular complexity index is 361. The Hall–Kier alpha value is -0.540. The van der Waals surface area contributed by atoms with Crippen LogP contribution in [0.25, 0.3) is 0 Å². The first kappa shape index (κ1) is 13.9.